The molecule has 0 aliphatic carbocycles. The molecule has 0 saturated carbocycles. The number of hydrogen-bond acceptors (Lipinski definition) is 5. The first-order valence-electron chi connectivity index (χ1n) is 5.76. The van der Waals surface area contributed by atoms with Gasteiger partial charge < -0.3 is 14.8 Å². The van der Waals surface area contributed by atoms with Crippen LogP contribution in [0, 0.1) is 0 Å². The molecule has 0 unspecified atom stereocenters. The Morgan fingerprint density at radius 3 is 3.11 bits per heavy atom. The fourth-order valence-corrected chi connectivity index (χ4v) is 2.16. The molecular weight excluding hydrogens is 264 g/mol. The van der Waals surface area contributed by atoms with Gasteiger partial charge in [0.05, 0.1) is 18.4 Å². The van der Waals surface area contributed by atoms with Crippen LogP contribution in [0.25, 0.3) is 0 Å². The number of furan rings is 1. The molecule has 19 heavy (non-hydrogen) atoms. The van der Waals surface area contributed by atoms with Crippen molar-refractivity contribution in [2.75, 3.05) is 17.7 Å². The van der Waals surface area contributed by atoms with E-state index in [1.165, 1.54) is 12.5 Å². The van der Waals surface area contributed by atoms with Crippen molar-refractivity contribution in [3.63, 3.8) is 0 Å². The summed E-state index contributed by atoms with van der Waals surface area (Å²) in [6, 6.07) is 5.30. The number of carbonyl (C=O) groups excluding carboxylic acids is 1. The van der Waals surface area contributed by atoms with Crippen molar-refractivity contribution in [1.82, 2.24) is 4.98 Å². The zero-order valence-corrected chi connectivity index (χ0v) is 11.0. The average molecular weight is 278 g/mol. The number of thioether (sulfide) groups is 1. The maximum atomic E-state index is 11.8. The lowest BCUT2D eigenvalue weighted by Gasteiger charge is -2.05. The number of pyridine rings is 1. The topological polar surface area (TPSA) is 75.4 Å². The highest BCUT2D eigenvalue weighted by Crippen LogP contribution is 2.15. The van der Waals surface area contributed by atoms with Gasteiger partial charge in [0.25, 0.3) is 5.91 Å². The molecule has 1 amide bonds. The summed E-state index contributed by atoms with van der Waals surface area (Å²) < 4.78 is 4.85. The normalized spacial score (nSPS) is 10.4. The van der Waals surface area contributed by atoms with Crippen LogP contribution in [0.3, 0.4) is 0 Å². The van der Waals surface area contributed by atoms with Gasteiger partial charge in [-0.25, -0.2) is 4.98 Å². The Balaban J connectivity index is 1.97. The zero-order valence-electron chi connectivity index (χ0n) is 10.2. The molecule has 2 N–H and O–H groups in total. The molecule has 0 aliphatic heterocycles. The lowest BCUT2D eigenvalue weighted by atomic mass is 10.3. The van der Waals surface area contributed by atoms with Gasteiger partial charge in [0.1, 0.15) is 12.1 Å². The van der Waals surface area contributed by atoms with Crippen LogP contribution in [0.4, 0.5) is 5.82 Å². The average Bonchev–Trinajstić information content (AvgIpc) is 2.93. The van der Waals surface area contributed by atoms with Crippen molar-refractivity contribution >= 4 is 23.5 Å². The number of anilines is 1. The standard InChI is InChI=1S/C13H14N2O3S/c16-4-6-19-9-10-1-3-14-12(7-10)15-13(17)11-2-5-18-8-11/h1-3,5,7-8,16H,4,6,9H2,(H,14,15,17). The lowest BCUT2D eigenvalue weighted by Crippen LogP contribution is -2.12. The van der Waals surface area contributed by atoms with Crippen LogP contribution in [-0.2, 0) is 5.75 Å². The largest absolute Gasteiger partial charge is 0.472 e. The van der Waals surface area contributed by atoms with Gasteiger partial charge in [-0.1, -0.05) is 0 Å². The highest BCUT2D eigenvalue weighted by atomic mass is 32.2. The molecule has 5 nitrogen and oxygen atoms in total. The van der Waals surface area contributed by atoms with Crippen molar-refractivity contribution in [3.8, 4) is 0 Å². The predicted octanol–water partition coefficient (Wildman–Crippen LogP) is 2.15. The maximum Gasteiger partial charge on any atom is 0.260 e. The van der Waals surface area contributed by atoms with Crippen LogP contribution < -0.4 is 5.32 Å². The quantitative estimate of drug-likeness (QED) is 0.792. The molecule has 0 aromatic carbocycles. The zero-order chi connectivity index (χ0) is 13.5. The van der Waals surface area contributed by atoms with Crippen molar-refractivity contribution in [1.29, 1.82) is 0 Å². The van der Waals surface area contributed by atoms with Crippen LogP contribution in [0.15, 0.2) is 41.3 Å². The Bertz CT molecular complexity index is 528. The van der Waals surface area contributed by atoms with Gasteiger partial charge >= 0.3 is 0 Å². The van der Waals surface area contributed by atoms with E-state index in [1.807, 2.05) is 12.1 Å². The van der Waals surface area contributed by atoms with Crippen LogP contribution in [0.5, 0.6) is 0 Å². The molecule has 0 radical (unpaired) electrons. The number of aliphatic hydroxyl groups excluding tert-OH is 1. The Hall–Kier alpha value is -1.79. The van der Waals surface area contributed by atoms with Gasteiger partial charge in [-0.05, 0) is 23.8 Å². The van der Waals surface area contributed by atoms with E-state index in [4.69, 9.17) is 9.52 Å². The smallest absolute Gasteiger partial charge is 0.260 e. The van der Waals surface area contributed by atoms with Gasteiger partial charge in [-0.2, -0.15) is 11.8 Å². The number of carbonyl (C=O) groups is 1. The minimum Gasteiger partial charge on any atom is -0.472 e. The first kappa shape index (κ1) is 13.6. The molecule has 0 bridgehead atoms. The van der Waals surface area contributed by atoms with E-state index in [0.29, 0.717) is 17.1 Å². The predicted molar refractivity (Wildman–Crippen MR) is 74.1 cm³/mol. The van der Waals surface area contributed by atoms with Crippen molar-refractivity contribution < 1.29 is 14.3 Å². The number of nitrogens with zero attached hydrogens (tertiary/aromatic N) is 1. The summed E-state index contributed by atoms with van der Waals surface area (Å²) in [5.41, 5.74) is 1.51. The third-order valence-corrected chi connectivity index (χ3v) is 3.36. The Kier molecular flexibility index (Phi) is 5.00. The fourth-order valence-electron chi connectivity index (χ4n) is 1.47. The maximum absolute atomic E-state index is 11.8. The second-order valence-electron chi connectivity index (χ2n) is 3.79. The lowest BCUT2D eigenvalue weighted by molar-refractivity contribution is 0.102. The molecule has 0 spiro atoms. The summed E-state index contributed by atoms with van der Waals surface area (Å²) in [6.07, 6.45) is 4.49. The van der Waals surface area contributed by atoms with Crippen molar-refractivity contribution in [3.05, 3.63) is 48.0 Å². The van der Waals surface area contributed by atoms with Gasteiger partial charge in [-0.3, -0.25) is 4.79 Å². The third kappa shape index (κ3) is 4.11. The molecule has 0 saturated heterocycles. The monoisotopic (exact) mass is 278 g/mol. The summed E-state index contributed by atoms with van der Waals surface area (Å²) in [4.78, 5) is 15.9. The number of hydrogen-bond donors (Lipinski definition) is 2. The minimum absolute atomic E-state index is 0.167. The Morgan fingerprint density at radius 2 is 2.37 bits per heavy atom. The van der Waals surface area contributed by atoms with Gasteiger partial charge in [-0.15, -0.1) is 0 Å². The molecule has 6 heteroatoms. The summed E-state index contributed by atoms with van der Waals surface area (Å²) in [5, 5.41) is 11.4. The number of rotatable bonds is 6. The number of aromatic nitrogens is 1. The van der Waals surface area contributed by atoms with E-state index in [-0.39, 0.29) is 12.5 Å². The number of amides is 1. The van der Waals surface area contributed by atoms with E-state index in [0.717, 1.165) is 11.3 Å². The second-order valence-corrected chi connectivity index (χ2v) is 4.90. The first-order chi connectivity index (χ1) is 9.29. The van der Waals surface area contributed by atoms with Crippen molar-refractivity contribution in [2.45, 2.75) is 5.75 Å². The summed E-state index contributed by atoms with van der Waals surface area (Å²) in [6.45, 7) is 0.167. The Labute approximate surface area is 115 Å². The third-order valence-electron chi connectivity index (χ3n) is 2.35. The molecule has 2 rings (SSSR count). The van der Waals surface area contributed by atoms with Gasteiger partial charge in [0.15, 0.2) is 0 Å². The highest BCUT2D eigenvalue weighted by molar-refractivity contribution is 7.98. The SMILES string of the molecule is O=C(Nc1cc(CSCCO)ccn1)c1ccoc1. The number of nitrogens with one attached hydrogen (secondary N) is 1. The fraction of sp³-hybridized carbons (Fsp3) is 0.231. The van der Waals surface area contributed by atoms with Crippen molar-refractivity contribution in [2.24, 2.45) is 0 Å². The van der Waals surface area contributed by atoms with Crippen LogP contribution in [0.2, 0.25) is 0 Å². The highest BCUT2D eigenvalue weighted by Gasteiger charge is 2.08. The van der Waals surface area contributed by atoms with Crippen LogP contribution in [-0.4, -0.2) is 28.4 Å². The van der Waals surface area contributed by atoms with E-state index >= 15 is 0 Å². The molecule has 0 fully saturated rings. The molecule has 0 aliphatic rings. The summed E-state index contributed by atoms with van der Waals surface area (Å²) >= 11 is 1.63. The molecule has 2 heterocycles. The van der Waals surface area contributed by atoms with E-state index < -0.39 is 0 Å². The van der Waals surface area contributed by atoms with E-state index in [9.17, 15) is 4.79 Å². The molecule has 0 atom stereocenters. The molecular formula is C13H14N2O3S. The van der Waals surface area contributed by atoms with E-state index in [2.05, 4.69) is 10.3 Å². The molecule has 100 valence electrons. The first-order valence-corrected chi connectivity index (χ1v) is 6.92. The van der Waals surface area contributed by atoms with Gasteiger partial charge in [0.2, 0.25) is 0 Å². The summed E-state index contributed by atoms with van der Waals surface area (Å²) in [7, 11) is 0. The van der Waals surface area contributed by atoms with Gasteiger partial charge in [0, 0.05) is 17.7 Å². The second kappa shape index (κ2) is 6.96. The van der Waals surface area contributed by atoms with Crippen LogP contribution >= 0.6 is 11.8 Å². The molecule has 2 aromatic rings. The number of aliphatic hydroxyl groups is 1. The molecule has 2 aromatic heterocycles. The minimum atomic E-state index is -0.249. The Morgan fingerprint density at radius 1 is 1.47 bits per heavy atom. The van der Waals surface area contributed by atoms with Crippen LogP contribution in [0.1, 0.15) is 15.9 Å². The summed E-state index contributed by atoms with van der Waals surface area (Å²) in [5.74, 6) is 1.73. The van der Waals surface area contributed by atoms with E-state index in [1.54, 1.807) is 24.0 Å².